The molecule has 0 radical (unpaired) electrons. The highest BCUT2D eigenvalue weighted by Gasteiger charge is 2.35. The third kappa shape index (κ3) is 3.80. The van der Waals surface area contributed by atoms with Crippen molar-refractivity contribution in [1.29, 1.82) is 0 Å². The van der Waals surface area contributed by atoms with Gasteiger partial charge in [0.2, 0.25) is 5.91 Å². The molecule has 2 aliphatic rings. The highest BCUT2D eigenvalue weighted by Crippen LogP contribution is 2.31. The first-order valence-electron chi connectivity index (χ1n) is 10.1. The normalized spacial score (nSPS) is 19.4. The van der Waals surface area contributed by atoms with E-state index in [2.05, 4.69) is 10.2 Å². The van der Waals surface area contributed by atoms with E-state index >= 15 is 0 Å². The van der Waals surface area contributed by atoms with Crippen LogP contribution in [0.2, 0.25) is 0 Å². The van der Waals surface area contributed by atoms with Crippen LogP contribution in [0.25, 0.3) is 10.2 Å². The van der Waals surface area contributed by atoms with E-state index in [1.807, 2.05) is 35.7 Å². The van der Waals surface area contributed by atoms with Crippen molar-refractivity contribution in [3.05, 3.63) is 40.6 Å². The molecule has 9 heteroatoms. The maximum atomic E-state index is 13.0. The maximum Gasteiger partial charge on any atom is 0.264 e. The number of hydrogen-bond donors (Lipinski definition) is 1. The van der Waals surface area contributed by atoms with Crippen LogP contribution < -0.4 is 10.2 Å². The van der Waals surface area contributed by atoms with Gasteiger partial charge in [-0.05, 0) is 42.5 Å². The maximum absolute atomic E-state index is 13.0. The van der Waals surface area contributed by atoms with Crippen LogP contribution in [-0.2, 0) is 9.53 Å². The number of anilines is 2. The Labute approximate surface area is 182 Å². The zero-order chi connectivity index (χ0) is 20.5. The van der Waals surface area contributed by atoms with Crippen molar-refractivity contribution in [3.63, 3.8) is 0 Å². The second-order valence-electron chi connectivity index (χ2n) is 7.40. The lowest BCUT2D eigenvalue weighted by Gasteiger charge is -2.25. The Morgan fingerprint density at radius 1 is 1.17 bits per heavy atom. The minimum absolute atomic E-state index is 0.0595. The van der Waals surface area contributed by atoms with Gasteiger partial charge in [0.1, 0.15) is 6.04 Å². The summed E-state index contributed by atoms with van der Waals surface area (Å²) >= 11 is 3.04. The van der Waals surface area contributed by atoms with Crippen LogP contribution in [0, 0.1) is 0 Å². The predicted octanol–water partition coefficient (Wildman–Crippen LogP) is 3.44. The van der Waals surface area contributed by atoms with Crippen LogP contribution in [0.5, 0.6) is 0 Å². The van der Waals surface area contributed by atoms with E-state index in [9.17, 15) is 9.59 Å². The summed E-state index contributed by atoms with van der Waals surface area (Å²) in [6.45, 7) is 3.75. The molecule has 3 aromatic rings. The van der Waals surface area contributed by atoms with Gasteiger partial charge in [0.15, 0.2) is 5.13 Å². The standard InChI is InChI=1S/C21H22N4O3S2/c26-19(16-3-1-7-25(16)20(27)17-4-2-12-29-17)22-14-5-6-15-18(13-14)30-21(23-15)24-8-10-28-11-9-24/h2,4-6,12-13,16H,1,3,7-11H2,(H,22,26)/t16-/m0/s1. The van der Waals surface area contributed by atoms with Crippen LogP contribution in [0.15, 0.2) is 35.7 Å². The quantitative estimate of drug-likeness (QED) is 0.670. The van der Waals surface area contributed by atoms with Gasteiger partial charge in [-0.2, -0.15) is 0 Å². The number of aromatic nitrogens is 1. The molecule has 4 heterocycles. The van der Waals surface area contributed by atoms with Crippen LogP contribution in [-0.4, -0.2) is 60.6 Å². The molecule has 1 atom stereocenters. The smallest absolute Gasteiger partial charge is 0.264 e. The molecule has 2 aromatic heterocycles. The number of thiophene rings is 1. The third-order valence-electron chi connectivity index (χ3n) is 5.47. The number of benzene rings is 1. The number of rotatable bonds is 4. The van der Waals surface area contributed by atoms with E-state index in [0.717, 1.165) is 53.8 Å². The van der Waals surface area contributed by atoms with Crippen molar-refractivity contribution < 1.29 is 14.3 Å². The molecule has 156 valence electrons. The number of carbonyl (C=O) groups excluding carboxylic acids is 2. The van der Waals surface area contributed by atoms with Crippen LogP contribution >= 0.6 is 22.7 Å². The first-order valence-corrected chi connectivity index (χ1v) is 11.8. The Morgan fingerprint density at radius 2 is 2.03 bits per heavy atom. The zero-order valence-corrected chi connectivity index (χ0v) is 18.0. The fourth-order valence-corrected chi connectivity index (χ4v) is 5.67. The van der Waals surface area contributed by atoms with Crippen molar-refractivity contribution in [2.24, 2.45) is 0 Å². The van der Waals surface area contributed by atoms with Gasteiger partial charge in [0, 0.05) is 25.3 Å². The number of likely N-dealkylation sites (tertiary alicyclic amines) is 1. The topological polar surface area (TPSA) is 74.8 Å². The Kier molecular flexibility index (Phi) is 5.41. The molecule has 2 amide bonds. The summed E-state index contributed by atoms with van der Waals surface area (Å²) in [5.41, 5.74) is 1.66. The molecular weight excluding hydrogens is 420 g/mol. The Hall–Kier alpha value is -2.49. The average molecular weight is 443 g/mol. The second-order valence-corrected chi connectivity index (χ2v) is 9.36. The van der Waals surface area contributed by atoms with Crippen molar-refractivity contribution in [2.45, 2.75) is 18.9 Å². The number of nitrogens with one attached hydrogen (secondary N) is 1. The first kappa shape index (κ1) is 19.5. The van der Waals surface area contributed by atoms with E-state index in [1.165, 1.54) is 11.3 Å². The van der Waals surface area contributed by atoms with Crippen LogP contribution in [0.4, 0.5) is 10.8 Å². The lowest BCUT2D eigenvalue weighted by molar-refractivity contribution is -0.119. The molecular formula is C21H22N4O3S2. The average Bonchev–Trinajstić information content (AvgIpc) is 3.54. The molecule has 0 spiro atoms. The number of thiazole rings is 1. The van der Waals surface area contributed by atoms with Crippen molar-refractivity contribution in [3.8, 4) is 0 Å². The zero-order valence-electron chi connectivity index (χ0n) is 16.4. The van der Waals surface area contributed by atoms with E-state index in [0.29, 0.717) is 17.8 Å². The molecule has 1 aromatic carbocycles. The fourth-order valence-electron chi connectivity index (χ4n) is 3.93. The van der Waals surface area contributed by atoms with Crippen molar-refractivity contribution in [2.75, 3.05) is 43.1 Å². The summed E-state index contributed by atoms with van der Waals surface area (Å²) in [5, 5.41) is 5.88. The fraction of sp³-hybridized carbons (Fsp3) is 0.381. The number of morpholine rings is 1. The van der Waals surface area contributed by atoms with Gasteiger partial charge in [0.25, 0.3) is 5.91 Å². The molecule has 5 rings (SSSR count). The van der Waals surface area contributed by atoms with Crippen LogP contribution in [0.1, 0.15) is 22.5 Å². The van der Waals surface area contributed by atoms with Gasteiger partial charge in [-0.15, -0.1) is 11.3 Å². The minimum Gasteiger partial charge on any atom is -0.378 e. The molecule has 2 saturated heterocycles. The largest absolute Gasteiger partial charge is 0.378 e. The lowest BCUT2D eigenvalue weighted by Crippen LogP contribution is -2.42. The second kappa shape index (κ2) is 8.33. The summed E-state index contributed by atoms with van der Waals surface area (Å²) in [6.07, 6.45) is 1.53. The van der Waals surface area contributed by atoms with Gasteiger partial charge in [-0.25, -0.2) is 4.98 Å². The highest BCUT2D eigenvalue weighted by atomic mass is 32.1. The van der Waals surface area contributed by atoms with Gasteiger partial charge in [-0.1, -0.05) is 17.4 Å². The Balaban J connectivity index is 1.30. The van der Waals surface area contributed by atoms with Gasteiger partial charge in [0.05, 0.1) is 28.3 Å². The molecule has 0 unspecified atom stereocenters. The van der Waals surface area contributed by atoms with E-state index < -0.39 is 6.04 Å². The lowest BCUT2D eigenvalue weighted by atomic mass is 10.2. The highest BCUT2D eigenvalue weighted by molar-refractivity contribution is 7.22. The SMILES string of the molecule is O=C(Nc1ccc2nc(N3CCOCC3)sc2c1)[C@@H]1CCCN1C(=O)c1cccs1. The molecule has 0 bridgehead atoms. The molecule has 7 nitrogen and oxygen atoms in total. The number of ether oxygens (including phenoxy) is 1. The predicted molar refractivity (Wildman–Crippen MR) is 120 cm³/mol. The third-order valence-corrected chi connectivity index (χ3v) is 7.41. The van der Waals surface area contributed by atoms with Gasteiger partial charge >= 0.3 is 0 Å². The van der Waals surface area contributed by atoms with Crippen molar-refractivity contribution in [1.82, 2.24) is 9.88 Å². The Bertz CT molecular complexity index is 1060. The molecule has 30 heavy (non-hydrogen) atoms. The van der Waals surface area contributed by atoms with Crippen molar-refractivity contribution >= 4 is 55.5 Å². The summed E-state index contributed by atoms with van der Waals surface area (Å²) in [6, 6.07) is 9.02. The number of fused-ring (bicyclic) bond motifs is 1. The summed E-state index contributed by atoms with van der Waals surface area (Å²) in [7, 11) is 0. The van der Waals surface area contributed by atoms with E-state index in [1.54, 1.807) is 16.2 Å². The van der Waals surface area contributed by atoms with Gasteiger partial charge < -0.3 is 19.9 Å². The molecule has 0 saturated carbocycles. The number of nitrogens with zero attached hydrogens (tertiary/aromatic N) is 3. The minimum atomic E-state index is -0.430. The number of amides is 2. The first-order chi connectivity index (χ1) is 14.7. The summed E-state index contributed by atoms with van der Waals surface area (Å²) < 4.78 is 6.45. The summed E-state index contributed by atoms with van der Waals surface area (Å²) in [4.78, 5) is 35.0. The number of hydrogen-bond acceptors (Lipinski definition) is 7. The molecule has 0 aliphatic carbocycles. The molecule has 1 N–H and O–H groups in total. The summed E-state index contributed by atoms with van der Waals surface area (Å²) in [5.74, 6) is -0.189. The number of carbonyl (C=O) groups is 2. The monoisotopic (exact) mass is 442 g/mol. The molecule has 2 fully saturated rings. The van der Waals surface area contributed by atoms with Crippen LogP contribution in [0.3, 0.4) is 0 Å². The Morgan fingerprint density at radius 3 is 2.83 bits per heavy atom. The molecule has 2 aliphatic heterocycles. The van der Waals surface area contributed by atoms with Gasteiger partial charge in [-0.3, -0.25) is 9.59 Å². The van der Waals surface area contributed by atoms with E-state index in [4.69, 9.17) is 9.72 Å². The van der Waals surface area contributed by atoms with E-state index in [-0.39, 0.29) is 11.8 Å².